The van der Waals surface area contributed by atoms with Crippen molar-refractivity contribution in [2.45, 2.75) is 50.3 Å². The van der Waals surface area contributed by atoms with E-state index in [4.69, 9.17) is 9.47 Å². The van der Waals surface area contributed by atoms with Crippen LogP contribution in [0.1, 0.15) is 31.9 Å². The van der Waals surface area contributed by atoms with Gasteiger partial charge in [0.05, 0.1) is 0 Å². The maximum absolute atomic E-state index is 16.4. The molecule has 228 valence electrons. The second kappa shape index (κ2) is 13.8. The first-order valence-electron chi connectivity index (χ1n) is 12.6. The van der Waals surface area contributed by atoms with Gasteiger partial charge in [-0.05, 0) is 38.8 Å². The molecule has 1 aliphatic rings. The molecule has 0 saturated heterocycles. The molecule has 1 heterocycles. The molecule has 0 bridgehead atoms. The summed E-state index contributed by atoms with van der Waals surface area (Å²) in [7, 11) is -5.03. The third-order valence-corrected chi connectivity index (χ3v) is 8.04. The van der Waals surface area contributed by atoms with Crippen LogP contribution in [0.2, 0.25) is 0 Å². The van der Waals surface area contributed by atoms with Crippen molar-refractivity contribution < 1.29 is 46.5 Å². The lowest BCUT2D eigenvalue weighted by molar-refractivity contribution is -0.135. The van der Waals surface area contributed by atoms with E-state index in [9.17, 15) is 27.9 Å². The van der Waals surface area contributed by atoms with Gasteiger partial charge in [-0.25, -0.2) is 23.0 Å². The van der Waals surface area contributed by atoms with E-state index in [1.807, 2.05) is 0 Å². The fourth-order valence-corrected chi connectivity index (χ4v) is 6.01. The van der Waals surface area contributed by atoms with Gasteiger partial charge in [0.15, 0.2) is 5.82 Å². The summed E-state index contributed by atoms with van der Waals surface area (Å²) < 4.78 is 60.5. The molecule has 0 saturated carbocycles. The smallest absolute Gasteiger partial charge is 0.422 e. The van der Waals surface area contributed by atoms with E-state index in [1.54, 1.807) is 55.8 Å². The standard InChI is InChI=1S/C27H32FN3O9S2/c1-5-11-38-26(35)30-42(36,37)31(14-22(32)33)24-20(39-15-17-9-7-6-8-10-17)13-21-19(23(24)28)12-18(16-41-21)29-25(34)40-27(2,3)4/h5-10,13,18H,1,11-12,14-16H2,2-4H3,(H,29,34)(H,30,35)(H,32,33)/t18-/m0/s1. The van der Waals surface area contributed by atoms with Gasteiger partial charge in [-0.1, -0.05) is 43.0 Å². The number of rotatable bonds is 11. The molecular formula is C27H32FN3O9S2. The summed E-state index contributed by atoms with van der Waals surface area (Å²) in [4.78, 5) is 36.6. The predicted octanol–water partition coefficient (Wildman–Crippen LogP) is 3.99. The van der Waals surface area contributed by atoms with Crippen molar-refractivity contribution in [3.8, 4) is 5.75 Å². The number of anilines is 1. The second-order valence-corrected chi connectivity index (χ2v) is 12.7. The van der Waals surface area contributed by atoms with Gasteiger partial charge in [-0.3, -0.25) is 4.79 Å². The van der Waals surface area contributed by atoms with Crippen LogP contribution in [0.5, 0.6) is 5.75 Å². The summed E-state index contributed by atoms with van der Waals surface area (Å²) in [6.45, 7) is 6.75. The normalized spacial score (nSPS) is 14.6. The molecule has 12 nitrogen and oxygen atoms in total. The van der Waals surface area contributed by atoms with Crippen LogP contribution >= 0.6 is 11.8 Å². The Kier molecular flexibility index (Phi) is 10.7. The maximum Gasteiger partial charge on any atom is 0.422 e. The average Bonchev–Trinajstić information content (AvgIpc) is 2.89. The predicted molar refractivity (Wildman–Crippen MR) is 153 cm³/mol. The number of benzene rings is 2. The van der Waals surface area contributed by atoms with Crippen molar-refractivity contribution in [2.24, 2.45) is 0 Å². The zero-order chi connectivity index (χ0) is 31.1. The molecule has 0 aromatic heterocycles. The van der Waals surface area contributed by atoms with Crippen molar-refractivity contribution in [3.05, 3.63) is 66.0 Å². The number of halogens is 1. The number of nitrogens with zero attached hydrogens (tertiary/aromatic N) is 1. The fraction of sp³-hybridized carbons (Fsp3) is 0.370. The number of amides is 2. The molecule has 0 fully saturated rings. The summed E-state index contributed by atoms with van der Waals surface area (Å²) in [5.41, 5.74) is -0.794. The number of carboxylic acids is 1. The minimum atomic E-state index is -5.03. The van der Waals surface area contributed by atoms with Gasteiger partial charge in [0.1, 0.15) is 36.8 Å². The molecule has 0 spiro atoms. The monoisotopic (exact) mass is 625 g/mol. The number of hydrogen-bond donors (Lipinski definition) is 3. The number of aliphatic carboxylic acids is 1. The Morgan fingerprint density at radius 1 is 1.21 bits per heavy atom. The quantitative estimate of drug-likeness (QED) is 0.312. The molecule has 2 aromatic carbocycles. The highest BCUT2D eigenvalue weighted by atomic mass is 32.2. The average molecular weight is 626 g/mol. The fourth-order valence-electron chi connectivity index (χ4n) is 3.82. The Labute approximate surface area is 247 Å². The van der Waals surface area contributed by atoms with Crippen molar-refractivity contribution in [1.29, 1.82) is 0 Å². The van der Waals surface area contributed by atoms with Gasteiger partial charge in [0.2, 0.25) is 0 Å². The Bertz CT molecular complexity index is 1430. The summed E-state index contributed by atoms with van der Waals surface area (Å²) in [6.07, 6.45) is -1.00. The minimum absolute atomic E-state index is 0.0224. The van der Waals surface area contributed by atoms with Crippen LogP contribution in [0.25, 0.3) is 0 Å². The number of nitrogens with one attached hydrogen (secondary N) is 2. The van der Waals surface area contributed by atoms with Crippen LogP contribution in [-0.4, -0.2) is 62.2 Å². The van der Waals surface area contributed by atoms with Crippen LogP contribution in [-0.2, 0) is 37.5 Å². The molecular weight excluding hydrogens is 593 g/mol. The molecule has 1 atom stereocenters. The van der Waals surface area contributed by atoms with E-state index in [-0.39, 0.29) is 35.3 Å². The van der Waals surface area contributed by atoms with E-state index in [0.29, 0.717) is 16.2 Å². The molecule has 3 N–H and O–H groups in total. The molecule has 15 heteroatoms. The van der Waals surface area contributed by atoms with Crippen LogP contribution in [0.15, 0.2) is 53.9 Å². The van der Waals surface area contributed by atoms with Crippen molar-refractivity contribution in [2.75, 3.05) is 23.2 Å². The molecule has 0 radical (unpaired) electrons. The number of carbonyl (C=O) groups is 3. The first kappa shape index (κ1) is 32.5. The third-order valence-electron chi connectivity index (χ3n) is 5.48. The van der Waals surface area contributed by atoms with Crippen LogP contribution in [0.4, 0.5) is 19.7 Å². The molecule has 0 unspecified atom stereocenters. The van der Waals surface area contributed by atoms with Crippen molar-refractivity contribution >= 4 is 45.8 Å². The number of thioether (sulfide) groups is 1. The first-order chi connectivity index (χ1) is 19.7. The topological polar surface area (TPSA) is 161 Å². The Hall–Kier alpha value is -3.98. The SMILES string of the molecule is C=CCOC(=O)NS(=O)(=O)N(CC(=O)O)c1c(OCc2ccccc2)cc2c(c1F)C[C@H](NC(=O)OC(C)(C)C)CS2. The molecule has 2 amide bonds. The number of hydrogen-bond acceptors (Lipinski definition) is 9. The Morgan fingerprint density at radius 3 is 2.52 bits per heavy atom. The Morgan fingerprint density at radius 2 is 1.90 bits per heavy atom. The van der Waals surface area contributed by atoms with E-state index >= 15 is 4.39 Å². The second-order valence-electron chi connectivity index (χ2n) is 10.0. The highest BCUT2D eigenvalue weighted by molar-refractivity contribution is 7.99. The summed E-state index contributed by atoms with van der Waals surface area (Å²) in [6, 6.07) is 9.57. The summed E-state index contributed by atoms with van der Waals surface area (Å²) in [5, 5.41) is 12.2. The van der Waals surface area contributed by atoms with Gasteiger partial charge >= 0.3 is 28.4 Å². The lowest BCUT2D eigenvalue weighted by Gasteiger charge is -2.30. The van der Waals surface area contributed by atoms with Crippen LogP contribution in [0, 0.1) is 5.82 Å². The first-order valence-corrected chi connectivity index (χ1v) is 15.1. The van der Waals surface area contributed by atoms with Gasteiger partial charge < -0.3 is 24.6 Å². The number of fused-ring (bicyclic) bond motifs is 1. The van der Waals surface area contributed by atoms with E-state index in [2.05, 4.69) is 16.6 Å². The maximum atomic E-state index is 16.4. The largest absolute Gasteiger partial charge is 0.487 e. The number of ether oxygens (including phenoxy) is 3. The van der Waals surface area contributed by atoms with Gasteiger partial charge in [0.25, 0.3) is 0 Å². The summed E-state index contributed by atoms with van der Waals surface area (Å²) in [5.74, 6) is -2.65. The molecule has 3 rings (SSSR count). The van der Waals surface area contributed by atoms with Gasteiger partial charge in [0, 0.05) is 22.3 Å². The molecule has 0 aliphatic carbocycles. The Balaban J connectivity index is 2.06. The van der Waals surface area contributed by atoms with Gasteiger partial charge in [-0.15, -0.1) is 11.8 Å². The lowest BCUT2D eigenvalue weighted by atomic mass is 10.0. The van der Waals surface area contributed by atoms with Crippen LogP contribution < -0.4 is 19.1 Å². The van der Waals surface area contributed by atoms with Crippen molar-refractivity contribution in [3.63, 3.8) is 0 Å². The van der Waals surface area contributed by atoms with Crippen molar-refractivity contribution in [1.82, 2.24) is 10.0 Å². The van der Waals surface area contributed by atoms with Gasteiger partial charge in [-0.2, -0.15) is 8.42 Å². The number of carboxylic acid groups (broad SMARTS) is 1. The molecule has 1 aliphatic heterocycles. The number of alkyl carbamates (subject to hydrolysis) is 1. The lowest BCUT2D eigenvalue weighted by Crippen LogP contribution is -2.47. The van der Waals surface area contributed by atoms with Crippen LogP contribution in [0.3, 0.4) is 0 Å². The zero-order valence-corrected chi connectivity index (χ0v) is 24.8. The van der Waals surface area contributed by atoms with E-state index < -0.39 is 58.1 Å². The molecule has 42 heavy (non-hydrogen) atoms. The highest BCUT2D eigenvalue weighted by Gasteiger charge is 2.36. The zero-order valence-electron chi connectivity index (χ0n) is 23.2. The third kappa shape index (κ3) is 9.01. The summed E-state index contributed by atoms with van der Waals surface area (Å²) >= 11 is 1.19. The highest BCUT2D eigenvalue weighted by Crippen LogP contribution is 2.43. The van der Waals surface area contributed by atoms with E-state index in [0.717, 1.165) is 0 Å². The van der Waals surface area contributed by atoms with E-state index in [1.165, 1.54) is 23.9 Å². The number of carbonyl (C=O) groups excluding carboxylic acids is 2. The molecule has 2 aromatic rings. The minimum Gasteiger partial charge on any atom is -0.487 e.